The van der Waals surface area contributed by atoms with E-state index in [9.17, 15) is 18.0 Å². The van der Waals surface area contributed by atoms with E-state index in [0.29, 0.717) is 16.3 Å². The zero-order valence-electron chi connectivity index (χ0n) is 23.6. The molecule has 0 aliphatic carbocycles. The molecule has 0 spiro atoms. The van der Waals surface area contributed by atoms with Crippen molar-refractivity contribution in [1.29, 1.82) is 0 Å². The van der Waals surface area contributed by atoms with Crippen molar-refractivity contribution in [3.8, 4) is 0 Å². The van der Waals surface area contributed by atoms with Crippen LogP contribution >= 0.6 is 11.6 Å². The summed E-state index contributed by atoms with van der Waals surface area (Å²) in [7, 11) is -2.61. The van der Waals surface area contributed by atoms with Crippen molar-refractivity contribution in [1.82, 2.24) is 10.2 Å². The number of aryl methyl sites for hydroxylation is 1. The van der Waals surface area contributed by atoms with Crippen LogP contribution in [0.4, 0.5) is 5.69 Å². The Morgan fingerprint density at radius 2 is 1.43 bits per heavy atom. The number of halogens is 1. The third-order valence-electron chi connectivity index (χ3n) is 7.00. The van der Waals surface area contributed by atoms with Gasteiger partial charge in [-0.3, -0.25) is 13.9 Å². The maximum Gasteiger partial charge on any atom is 0.264 e. The Morgan fingerprint density at radius 3 is 2.02 bits per heavy atom. The number of nitrogens with one attached hydrogen (secondary N) is 1. The zero-order valence-corrected chi connectivity index (χ0v) is 25.2. The largest absolute Gasteiger partial charge is 0.357 e. The minimum atomic E-state index is -4.13. The fourth-order valence-electron chi connectivity index (χ4n) is 4.70. The number of carbonyl (C=O) groups excluding carboxylic acids is 2. The number of likely N-dealkylation sites (N-methyl/N-ethyl adjacent to an activating group) is 1. The van der Waals surface area contributed by atoms with Crippen LogP contribution in [0.2, 0.25) is 5.02 Å². The molecular formula is C33H34ClN3O4S. The molecule has 1 atom stereocenters. The van der Waals surface area contributed by atoms with Crippen LogP contribution in [0, 0.1) is 0 Å². The smallest absolute Gasteiger partial charge is 0.264 e. The summed E-state index contributed by atoms with van der Waals surface area (Å²) < 4.78 is 29.0. The zero-order chi connectivity index (χ0) is 30.1. The summed E-state index contributed by atoms with van der Waals surface area (Å²) in [5, 5.41) is 3.17. The lowest BCUT2D eigenvalue weighted by Crippen LogP contribution is -2.53. The van der Waals surface area contributed by atoms with Crippen LogP contribution in [-0.4, -0.2) is 44.8 Å². The quantitative estimate of drug-likeness (QED) is 0.232. The Bertz CT molecular complexity index is 1600. The monoisotopic (exact) mass is 603 g/mol. The third kappa shape index (κ3) is 7.57. The second kappa shape index (κ2) is 14.2. The Balaban J connectivity index is 1.78. The van der Waals surface area contributed by atoms with Gasteiger partial charge in [0, 0.05) is 25.0 Å². The van der Waals surface area contributed by atoms with Gasteiger partial charge in [-0.1, -0.05) is 91.3 Å². The van der Waals surface area contributed by atoms with Crippen molar-refractivity contribution >= 4 is 39.1 Å². The molecule has 0 aliphatic heterocycles. The van der Waals surface area contributed by atoms with E-state index in [1.807, 2.05) is 55.5 Å². The third-order valence-corrected chi connectivity index (χ3v) is 9.03. The molecule has 0 radical (unpaired) electrons. The highest BCUT2D eigenvalue weighted by molar-refractivity contribution is 7.92. The lowest BCUT2D eigenvalue weighted by atomic mass is 10.0. The van der Waals surface area contributed by atoms with Crippen molar-refractivity contribution in [2.75, 3.05) is 17.9 Å². The van der Waals surface area contributed by atoms with E-state index in [0.717, 1.165) is 21.9 Å². The minimum absolute atomic E-state index is 0.0539. The normalized spacial score (nSPS) is 11.9. The number of hydrogen-bond acceptors (Lipinski definition) is 4. The predicted octanol–water partition coefficient (Wildman–Crippen LogP) is 5.48. The number of nitrogens with zero attached hydrogens (tertiary/aromatic N) is 2. The Labute approximate surface area is 252 Å². The average Bonchev–Trinajstić information content (AvgIpc) is 3.02. The summed E-state index contributed by atoms with van der Waals surface area (Å²) >= 11 is 6.25. The van der Waals surface area contributed by atoms with Gasteiger partial charge in [0.15, 0.2) is 0 Å². The van der Waals surface area contributed by atoms with Crippen LogP contribution in [-0.2, 0) is 39.0 Å². The van der Waals surface area contributed by atoms with Gasteiger partial charge in [-0.25, -0.2) is 8.42 Å². The molecule has 9 heteroatoms. The first-order chi connectivity index (χ1) is 20.2. The molecule has 42 heavy (non-hydrogen) atoms. The van der Waals surface area contributed by atoms with E-state index >= 15 is 0 Å². The number of benzene rings is 4. The Kier molecular flexibility index (Phi) is 10.4. The lowest BCUT2D eigenvalue weighted by molar-refractivity contribution is -0.139. The van der Waals surface area contributed by atoms with Gasteiger partial charge in [0.05, 0.1) is 10.6 Å². The molecule has 4 aromatic rings. The second-order valence-electron chi connectivity index (χ2n) is 9.82. The maximum absolute atomic E-state index is 14.3. The van der Waals surface area contributed by atoms with Gasteiger partial charge in [0.1, 0.15) is 12.6 Å². The Hall–Kier alpha value is -4.14. The van der Waals surface area contributed by atoms with E-state index in [1.54, 1.807) is 48.5 Å². The van der Waals surface area contributed by atoms with E-state index in [4.69, 9.17) is 11.6 Å². The molecule has 0 fully saturated rings. The summed E-state index contributed by atoms with van der Waals surface area (Å²) in [5.74, 6) is -0.891. The van der Waals surface area contributed by atoms with E-state index < -0.39 is 28.5 Å². The number of hydrogen-bond donors (Lipinski definition) is 1. The molecule has 2 amide bonds. The molecule has 7 nitrogen and oxygen atoms in total. The van der Waals surface area contributed by atoms with Crippen LogP contribution in [0.1, 0.15) is 23.6 Å². The molecule has 4 rings (SSSR count). The number of amides is 2. The van der Waals surface area contributed by atoms with Gasteiger partial charge in [-0.15, -0.1) is 0 Å². The van der Waals surface area contributed by atoms with Gasteiger partial charge in [0.25, 0.3) is 10.0 Å². The topological polar surface area (TPSA) is 86.8 Å². The average molecular weight is 604 g/mol. The van der Waals surface area contributed by atoms with Crippen molar-refractivity contribution < 1.29 is 18.0 Å². The van der Waals surface area contributed by atoms with Gasteiger partial charge >= 0.3 is 0 Å². The number of rotatable bonds is 12. The molecule has 0 aliphatic rings. The molecule has 0 bridgehead atoms. The van der Waals surface area contributed by atoms with Crippen LogP contribution < -0.4 is 9.62 Å². The number of carbonyl (C=O) groups is 2. The molecule has 0 aromatic heterocycles. The summed E-state index contributed by atoms with van der Waals surface area (Å²) in [4.78, 5) is 29.1. The van der Waals surface area contributed by atoms with Crippen LogP contribution in [0.5, 0.6) is 0 Å². The minimum Gasteiger partial charge on any atom is -0.357 e. The highest BCUT2D eigenvalue weighted by Crippen LogP contribution is 2.26. The van der Waals surface area contributed by atoms with Crippen molar-refractivity contribution in [3.63, 3.8) is 0 Å². The second-order valence-corrected chi connectivity index (χ2v) is 12.1. The Morgan fingerprint density at radius 1 is 0.810 bits per heavy atom. The molecule has 0 saturated carbocycles. The first-order valence-corrected chi connectivity index (χ1v) is 15.5. The van der Waals surface area contributed by atoms with Crippen molar-refractivity contribution in [2.24, 2.45) is 0 Å². The van der Waals surface area contributed by atoms with Gasteiger partial charge < -0.3 is 10.2 Å². The number of sulfonamides is 1. The summed E-state index contributed by atoms with van der Waals surface area (Å²) in [6.07, 6.45) is 1.02. The molecule has 4 aromatic carbocycles. The van der Waals surface area contributed by atoms with Gasteiger partial charge in [-0.2, -0.15) is 0 Å². The fourth-order valence-corrected chi connectivity index (χ4v) is 6.35. The van der Waals surface area contributed by atoms with Crippen LogP contribution in [0.15, 0.2) is 114 Å². The molecule has 1 N–H and O–H groups in total. The molecule has 0 unspecified atom stereocenters. The SMILES string of the molecule is CCc1ccc(N(CC(=O)N(Cc2cccc(Cl)c2)[C@@H](Cc2ccccc2)C(=O)NC)S(=O)(=O)c2ccccc2)cc1. The summed E-state index contributed by atoms with van der Waals surface area (Å²) in [6, 6.07) is 30.6. The maximum atomic E-state index is 14.3. The van der Waals surface area contributed by atoms with Crippen LogP contribution in [0.25, 0.3) is 0 Å². The van der Waals surface area contributed by atoms with E-state index in [1.165, 1.54) is 24.1 Å². The lowest BCUT2D eigenvalue weighted by Gasteiger charge is -2.33. The number of anilines is 1. The van der Waals surface area contributed by atoms with E-state index in [2.05, 4.69) is 5.32 Å². The standard InChI is InChI=1S/C33H34ClN3O4S/c1-3-25-17-19-29(20-18-25)37(42(40,41)30-15-8-5-9-16-30)24-32(38)36(23-27-13-10-14-28(34)21-27)31(33(39)35-2)22-26-11-6-4-7-12-26/h4-21,31H,3,22-24H2,1-2H3,(H,35,39)/t31-/m0/s1. The van der Waals surface area contributed by atoms with Crippen LogP contribution in [0.3, 0.4) is 0 Å². The predicted molar refractivity (Wildman–Crippen MR) is 167 cm³/mol. The first-order valence-electron chi connectivity index (χ1n) is 13.7. The fraction of sp³-hybridized carbons (Fsp3) is 0.212. The highest BCUT2D eigenvalue weighted by Gasteiger charge is 2.34. The summed E-state index contributed by atoms with van der Waals surface area (Å²) in [5.41, 5.74) is 2.96. The van der Waals surface area contributed by atoms with Gasteiger partial charge in [-0.05, 0) is 59.5 Å². The molecule has 218 valence electrons. The summed E-state index contributed by atoms with van der Waals surface area (Å²) in [6.45, 7) is 1.56. The van der Waals surface area contributed by atoms with Crippen molar-refractivity contribution in [3.05, 3.63) is 131 Å². The highest BCUT2D eigenvalue weighted by atomic mass is 35.5. The molecule has 0 saturated heterocycles. The first kappa shape index (κ1) is 30.8. The molecule has 0 heterocycles. The molecular weight excluding hydrogens is 570 g/mol. The van der Waals surface area contributed by atoms with E-state index in [-0.39, 0.29) is 23.8 Å². The van der Waals surface area contributed by atoms with Crippen molar-refractivity contribution in [2.45, 2.75) is 37.2 Å². The van der Waals surface area contributed by atoms with Gasteiger partial charge in [0.2, 0.25) is 11.8 Å².